The third kappa shape index (κ3) is 4.21. The summed E-state index contributed by atoms with van der Waals surface area (Å²) in [5, 5.41) is 3.35. The first-order chi connectivity index (χ1) is 13.1. The van der Waals surface area contributed by atoms with Crippen LogP contribution in [0.15, 0.2) is 41.4 Å². The Balaban J connectivity index is 1.69. The summed E-state index contributed by atoms with van der Waals surface area (Å²) in [6.45, 7) is 0.446. The normalized spacial score (nSPS) is 20.8. The van der Waals surface area contributed by atoms with Crippen molar-refractivity contribution in [1.29, 1.82) is 0 Å². The first-order valence-electron chi connectivity index (χ1n) is 8.82. The number of halogens is 3. The van der Waals surface area contributed by atoms with Crippen LogP contribution in [-0.2, 0) is 22.6 Å². The van der Waals surface area contributed by atoms with Gasteiger partial charge in [0.1, 0.15) is 5.69 Å². The molecule has 1 saturated carbocycles. The van der Waals surface area contributed by atoms with Crippen LogP contribution < -0.4 is 5.73 Å². The summed E-state index contributed by atoms with van der Waals surface area (Å²) in [4.78, 5) is 11.1. The highest BCUT2D eigenvalue weighted by molar-refractivity contribution is 7.92. The SMILES string of the molecule is NC(=O)c1ccnn1CC1CCC(S(=O)(=O)c2cccc(C(F)(F)F)c2)CC1. The molecule has 1 amide bonds. The predicted octanol–water partition coefficient (Wildman–Crippen LogP) is 3.03. The first kappa shape index (κ1) is 20.4. The zero-order valence-corrected chi connectivity index (χ0v) is 15.7. The number of alkyl halides is 3. The van der Waals surface area contributed by atoms with E-state index in [2.05, 4.69) is 5.10 Å². The first-order valence-corrected chi connectivity index (χ1v) is 10.4. The summed E-state index contributed by atoms with van der Waals surface area (Å²) in [6, 6.07) is 5.40. The third-order valence-electron chi connectivity index (χ3n) is 5.12. The fourth-order valence-corrected chi connectivity index (χ4v) is 5.44. The number of nitrogens with zero attached hydrogens (tertiary/aromatic N) is 2. The molecule has 28 heavy (non-hydrogen) atoms. The maximum absolute atomic E-state index is 12.9. The molecule has 0 unspecified atom stereocenters. The molecule has 0 saturated heterocycles. The number of carbonyl (C=O) groups is 1. The Morgan fingerprint density at radius 3 is 2.46 bits per heavy atom. The molecule has 1 fully saturated rings. The van der Waals surface area contributed by atoms with E-state index in [4.69, 9.17) is 5.73 Å². The van der Waals surface area contributed by atoms with Gasteiger partial charge < -0.3 is 5.73 Å². The van der Waals surface area contributed by atoms with Gasteiger partial charge in [-0.15, -0.1) is 0 Å². The quantitative estimate of drug-likeness (QED) is 0.812. The summed E-state index contributed by atoms with van der Waals surface area (Å²) < 4.78 is 65.7. The molecule has 1 aromatic carbocycles. The van der Waals surface area contributed by atoms with E-state index in [1.807, 2.05) is 0 Å². The van der Waals surface area contributed by atoms with E-state index in [1.165, 1.54) is 23.0 Å². The van der Waals surface area contributed by atoms with Crippen molar-refractivity contribution in [3.05, 3.63) is 47.8 Å². The van der Waals surface area contributed by atoms with Gasteiger partial charge in [0.25, 0.3) is 5.91 Å². The zero-order chi connectivity index (χ0) is 20.5. The smallest absolute Gasteiger partial charge is 0.364 e. The Hall–Kier alpha value is -2.36. The monoisotopic (exact) mass is 415 g/mol. The highest BCUT2D eigenvalue weighted by Gasteiger charge is 2.35. The maximum Gasteiger partial charge on any atom is 0.416 e. The number of hydrogen-bond acceptors (Lipinski definition) is 4. The number of carbonyl (C=O) groups excluding carboxylic acids is 1. The molecule has 2 N–H and O–H groups in total. The molecule has 0 aliphatic heterocycles. The van der Waals surface area contributed by atoms with E-state index < -0.39 is 32.7 Å². The molecule has 3 rings (SSSR count). The topological polar surface area (TPSA) is 95.1 Å². The minimum absolute atomic E-state index is 0.117. The number of rotatable bonds is 5. The van der Waals surface area contributed by atoms with E-state index in [9.17, 15) is 26.4 Å². The second-order valence-corrected chi connectivity index (χ2v) is 9.20. The van der Waals surface area contributed by atoms with Gasteiger partial charge in [-0.05, 0) is 55.9 Å². The molecule has 0 atom stereocenters. The number of aromatic nitrogens is 2. The molecule has 2 aromatic rings. The van der Waals surface area contributed by atoms with Crippen molar-refractivity contribution in [2.24, 2.45) is 11.7 Å². The van der Waals surface area contributed by atoms with Gasteiger partial charge in [0.15, 0.2) is 9.84 Å². The summed E-state index contributed by atoms with van der Waals surface area (Å²) in [5.74, 6) is -0.468. The van der Waals surface area contributed by atoms with E-state index in [-0.39, 0.29) is 10.8 Å². The van der Waals surface area contributed by atoms with Crippen LogP contribution >= 0.6 is 0 Å². The van der Waals surface area contributed by atoms with Crippen LogP contribution in [0.25, 0.3) is 0 Å². The molecule has 0 spiro atoms. The van der Waals surface area contributed by atoms with Gasteiger partial charge in [-0.1, -0.05) is 6.07 Å². The lowest BCUT2D eigenvalue weighted by atomic mass is 9.89. The molecular weight excluding hydrogens is 395 g/mol. The van der Waals surface area contributed by atoms with Crippen LogP contribution in [0.4, 0.5) is 13.2 Å². The molecule has 152 valence electrons. The van der Waals surface area contributed by atoms with Crippen molar-refractivity contribution in [3.63, 3.8) is 0 Å². The molecular formula is C18H20F3N3O3S. The summed E-state index contributed by atoms with van der Waals surface area (Å²) in [5.41, 5.74) is 4.61. The number of amides is 1. The van der Waals surface area contributed by atoms with Gasteiger partial charge in [-0.2, -0.15) is 18.3 Å². The number of sulfone groups is 1. The average Bonchev–Trinajstić information content (AvgIpc) is 3.10. The second kappa shape index (κ2) is 7.57. The molecule has 0 radical (unpaired) electrons. The van der Waals surface area contributed by atoms with E-state index in [0.717, 1.165) is 12.1 Å². The van der Waals surface area contributed by atoms with Crippen molar-refractivity contribution in [2.75, 3.05) is 0 Å². The lowest BCUT2D eigenvalue weighted by Gasteiger charge is -2.28. The van der Waals surface area contributed by atoms with Gasteiger partial charge >= 0.3 is 6.18 Å². The van der Waals surface area contributed by atoms with Crippen LogP contribution in [0.1, 0.15) is 41.7 Å². The molecule has 1 aliphatic rings. The van der Waals surface area contributed by atoms with E-state index >= 15 is 0 Å². The van der Waals surface area contributed by atoms with Crippen LogP contribution in [-0.4, -0.2) is 29.4 Å². The molecule has 1 heterocycles. The van der Waals surface area contributed by atoms with Crippen LogP contribution in [0.5, 0.6) is 0 Å². The second-order valence-electron chi connectivity index (χ2n) is 6.98. The largest absolute Gasteiger partial charge is 0.416 e. The highest BCUT2D eigenvalue weighted by atomic mass is 32.2. The Kier molecular flexibility index (Phi) is 5.51. The Labute approximate surface area is 160 Å². The van der Waals surface area contributed by atoms with Crippen LogP contribution in [0.2, 0.25) is 0 Å². The Bertz CT molecular complexity index is 962. The van der Waals surface area contributed by atoms with Crippen molar-refractivity contribution in [3.8, 4) is 0 Å². The van der Waals surface area contributed by atoms with Crippen LogP contribution in [0, 0.1) is 5.92 Å². The number of benzene rings is 1. The van der Waals surface area contributed by atoms with Crippen molar-refractivity contribution in [1.82, 2.24) is 9.78 Å². The van der Waals surface area contributed by atoms with Crippen LogP contribution in [0.3, 0.4) is 0 Å². The fourth-order valence-electron chi connectivity index (χ4n) is 3.60. The summed E-state index contributed by atoms with van der Waals surface area (Å²) in [7, 11) is -3.85. The zero-order valence-electron chi connectivity index (χ0n) is 14.9. The van der Waals surface area contributed by atoms with Crippen molar-refractivity contribution < 1.29 is 26.4 Å². The number of nitrogens with two attached hydrogens (primary N) is 1. The average molecular weight is 415 g/mol. The molecule has 6 nitrogen and oxygen atoms in total. The Morgan fingerprint density at radius 2 is 1.86 bits per heavy atom. The minimum atomic E-state index is -4.59. The van der Waals surface area contributed by atoms with Crippen molar-refractivity contribution in [2.45, 2.75) is 48.5 Å². The molecule has 1 aromatic heterocycles. The molecule has 0 bridgehead atoms. The Morgan fingerprint density at radius 1 is 1.18 bits per heavy atom. The van der Waals surface area contributed by atoms with Gasteiger partial charge in [-0.25, -0.2) is 8.42 Å². The molecule has 10 heteroatoms. The fraction of sp³-hybridized carbons (Fsp3) is 0.444. The number of primary amides is 1. The molecule has 1 aliphatic carbocycles. The predicted molar refractivity (Wildman–Crippen MR) is 95.1 cm³/mol. The lowest BCUT2D eigenvalue weighted by Crippen LogP contribution is -2.30. The maximum atomic E-state index is 12.9. The van der Waals surface area contributed by atoms with E-state index in [1.54, 1.807) is 0 Å². The number of hydrogen-bond donors (Lipinski definition) is 1. The summed E-state index contributed by atoms with van der Waals surface area (Å²) >= 11 is 0. The lowest BCUT2D eigenvalue weighted by molar-refractivity contribution is -0.137. The summed E-state index contributed by atoms with van der Waals surface area (Å²) in [6.07, 6.45) is -1.29. The van der Waals surface area contributed by atoms with E-state index in [0.29, 0.717) is 44.0 Å². The highest BCUT2D eigenvalue weighted by Crippen LogP contribution is 2.35. The van der Waals surface area contributed by atoms with Gasteiger partial charge in [0, 0.05) is 12.7 Å². The third-order valence-corrected chi connectivity index (χ3v) is 7.38. The van der Waals surface area contributed by atoms with Gasteiger partial charge in [0.05, 0.1) is 15.7 Å². The van der Waals surface area contributed by atoms with Crippen molar-refractivity contribution >= 4 is 15.7 Å². The van der Waals surface area contributed by atoms with Gasteiger partial charge in [0.2, 0.25) is 0 Å². The minimum Gasteiger partial charge on any atom is -0.364 e. The van der Waals surface area contributed by atoms with Gasteiger partial charge in [-0.3, -0.25) is 9.48 Å². The standard InChI is InChI=1S/C18H20F3N3O3S/c19-18(20,21)13-2-1-3-15(10-13)28(26,27)14-6-4-12(5-7-14)11-24-16(17(22)25)8-9-23-24/h1-3,8-10,12,14H,4-7,11H2,(H2,22,25).